The van der Waals surface area contributed by atoms with Gasteiger partial charge in [-0.25, -0.2) is 13.3 Å². The van der Waals surface area contributed by atoms with E-state index in [1.165, 1.54) is 4.31 Å². The monoisotopic (exact) mass is 432 g/mol. The minimum absolute atomic E-state index is 0.261. The molecule has 2 N–H and O–H groups in total. The molecule has 4 aromatic rings. The van der Waals surface area contributed by atoms with Crippen LogP contribution in [-0.4, -0.2) is 24.8 Å². The molecular formula is C24H20N2O4S. The van der Waals surface area contributed by atoms with Crippen molar-refractivity contribution in [3.8, 4) is 0 Å². The van der Waals surface area contributed by atoms with Crippen molar-refractivity contribution in [1.82, 2.24) is 4.98 Å². The Morgan fingerprint density at radius 3 is 2.32 bits per heavy atom. The first-order valence-electron chi connectivity index (χ1n) is 9.69. The topological polar surface area (TPSA) is 90.7 Å². The normalized spacial score (nSPS) is 11.9. The number of rotatable bonds is 7. The van der Waals surface area contributed by atoms with Crippen LogP contribution in [-0.2, 0) is 24.1 Å². The number of anilines is 2. The second-order valence-electron chi connectivity index (χ2n) is 7.05. The smallest absolute Gasteiger partial charge is 0.335 e. The molecule has 1 atom stereocenters. The molecule has 0 aliphatic heterocycles. The van der Waals surface area contributed by atoms with Gasteiger partial charge in [0.15, 0.2) is 0 Å². The highest BCUT2D eigenvalue weighted by Crippen LogP contribution is 2.32. The molecule has 1 unspecified atom stereocenters. The molecule has 6 nitrogen and oxygen atoms in total. The minimum atomic E-state index is -2.29. The minimum Gasteiger partial charge on any atom is -0.478 e. The van der Waals surface area contributed by atoms with Crippen LogP contribution in [0.5, 0.6) is 0 Å². The standard InChI is InChI=1S/C24H20N2O4S/c27-24(28)20-8-1-5-17(15-20)12-13-18-6-2-10-21(16-18)26(31(29)30)22-11-3-7-19-9-4-14-25-23(19)22/h1-11,14-16H,12-13H2,(H,27,28)(H,29,30). The molecule has 0 radical (unpaired) electrons. The van der Waals surface area contributed by atoms with Crippen molar-refractivity contribution in [3.05, 3.63) is 102 Å². The average molecular weight is 433 g/mol. The molecule has 1 heterocycles. The van der Waals surface area contributed by atoms with Crippen molar-refractivity contribution >= 4 is 39.5 Å². The second kappa shape index (κ2) is 9.07. The first-order valence-corrected chi connectivity index (χ1v) is 10.8. The lowest BCUT2D eigenvalue weighted by Gasteiger charge is -2.22. The highest BCUT2D eigenvalue weighted by atomic mass is 32.2. The lowest BCUT2D eigenvalue weighted by molar-refractivity contribution is 0.0696. The lowest BCUT2D eigenvalue weighted by atomic mass is 10.0. The predicted octanol–water partition coefficient (Wildman–Crippen LogP) is 4.99. The molecule has 0 bridgehead atoms. The van der Waals surface area contributed by atoms with Crippen molar-refractivity contribution in [3.63, 3.8) is 0 Å². The van der Waals surface area contributed by atoms with E-state index < -0.39 is 17.2 Å². The zero-order chi connectivity index (χ0) is 21.8. The summed E-state index contributed by atoms with van der Waals surface area (Å²) in [7, 11) is 0. The van der Waals surface area contributed by atoms with Crippen LogP contribution >= 0.6 is 0 Å². The third-order valence-corrected chi connectivity index (χ3v) is 5.73. The quantitative estimate of drug-likeness (QED) is 0.401. The van der Waals surface area contributed by atoms with Gasteiger partial charge in [0, 0.05) is 11.6 Å². The molecule has 0 aliphatic carbocycles. The Kier molecular flexibility index (Phi) is 6.06. The van der Waals surface area contributed by atoms with Crippen molar-refractivity contribution in [2.75, 3.05) is 4.31 Å². The van der Waals surface area contributed by atoms with Crippen LogP contribution in [0.1, 0.15) is 21.5 Å². The number of hydrogen-bond donors (Lipinski definition) is 2. The van der Waals surface area contributed by atoms with Gasteiger partial charge in [-0.3, -0.25) is 9.54 Å². The van der Waals surface area contributed by atoms with Gasteiger partial charge in [0.05, 0.1) is 22.5 Å². The van der Waals surface area contributed by atoms with E-state index in [1.54, 1.807) is 36.5 Å². The molecule has 0 amide bonds. The third kappa shape index (κ3) is 4.63. The predicted molar refractivity (Wildman–Crippen MR) is 122 cm³/mol. The second-order valence-corrected chi connectivity index (χ2v) is 7.88. The fourth-order valence-corrected chi connectivity index (χ4v) is 4.16. The summed E-state index contributed by atoms with van der Waals surface area (Å²) in [6, 6.07) is 23.6. The number of carbonyl (C=O) groups is 1. The molecule has 3 aromatic carbocycles. The summed E-state index contributed by atoms with van der Waals surface area (Å²) in [6.45, 7) is 0. The lowest BCUT2D eigenvalue weighted by Crippen LogP contribution is -2.20. The van der Waals surface area contributed by atoms with Gasteiger partial charge in [0.25, 0.3) is 11.3 Å². The van der Waals surface area contributed by atoms with E-state index in [-0.39, 0.29) is 5.56 Å². The van der Waals surface area contributed by atoms with Crippen LogP contribution in [0, 0.1) is 0 Å². The summed E-state index contributed by atoms with van der Waals surface area (Å²) in [4.78, 5) is 15.6. The molecule has 1 aromatic heterocycles. The Balaban J connectivity index is 1.63. The Morgan fingerprint density at radius 2 is 1.58 bits per heavy atom. The van der Waals surface area contributed by atoms with Gasteiger partial charge in [0.1, 0.15) is 0 Å². The van der Waals surface area contributed by atoms with Crippen LogP contribution in [0.3, 0.4) is 0 Å². The molecule has 7 heteroatoms. The molecule has 31 heavy (non-hydrogen) atoms. The van der Waals surface area contributed by atoms with E-state index in [1.807, 2.05) is 48.5 Å². The summed E-state index contributed by atoms with van der Waals surface area (Å²) in [5.41, 5.74) is 3.92. The molecule has 0 spiro atoms. The summed E-state index contributed by atoms with van der Waals surface area (Å²) in [5, 5.41) is 10.0. The molecule has 0 aliphatic rings. The molecular weight excluding hydrogens is 412 g/mol. The van der Waals surface area contributed by atoms with Crippen LogP contribution in [0.25, 0.3) is 10.9 Å². The fraction of sp³-hybridized carbons (Fsp3) is 0.0833. The van der Waals surface area contributed by atoms with Gasteiger partial charge in [-0.05, 0) is 60.4 Å². The van der Waals surface area contributed by atoms with Crippen molar-refractivity contribution in [2.45, 2.75) is 12.8 Å². The van der Waals surface area contributed by atoms with Crippen LogP contribution < -0.4 is 4.31 Å². The van der Waals surface area contributed by atoms with E-state index in [9.17, 15) is 13.6 Å². The van der Waals surface area contributed by atoms with E-state index in [2.05, 4.69) is 4.98 Å². The number of nitrogens with zero attached hydrogens (tertiary/aromatic N) is 2. The first kappa shape index (κ1) is 20.7. The largest absolute Gasteiger partial charge is 0.478 e. The summed E-state index contributed by atoms with van der Waals surface area (Å²) in [6.07, 6.45) is 2.98. The zero-order valence-electron chi connectivity index (χ0n) is 16.5. The Hall–Kier alpha value is -3.55. The fourth-order valence-electron chi connectivity index (χ4n) is 3.55. The number of carboxylic acids is 1. The van der Waals surface area contributed by atoms with E-state index >= 15 is 0 Å². The van der Waals surface area contributed by atoms with Crippen LogP contribution in [0.15, 0.2) is 85.1 Å². The summed E-state index contributed by atoms with van der Waals surface area (Å²) < 4.78 is 23.7. The molecule has 0 fully saturated rings. The number of carboxylic acid groups (broad SMARTS) is 1. The van der Waals surface area contributed by atoms with Gasteiger partial charge in [-0.15, -0.1) is 0 Å². The molecule has 0 saturated heterocycles. The third-order valence-electron chi connectivity index (χ3n) is 5.01. The number of aryl methyl sites for hydroxylation is 2. The van der Waals surface area contributed by atoms with Gasteiger partial charge < -0.3 is 5.11 Å². The molecule has 156 valence electrons. The maximum atomic E-state index is 12.3. The van der Waals surface area contributed by atoms with E-state index in [0.717, 1.165) is 16.5 Å². The highest BCUT2D eigenvalue weighted by Gasteiger charge is 2.18. The zero-order valence-corrected chi connectivity index (χ0v) is 17.3. The number of aromatic nitrogens is 1. The van der Waals surface area contributed by atoms with Gasteiger partial charge in [0.2, 0.25) is 0 Å². The number of pyridine rings is 1. The Labute approximate surface area is 182 Å². The Morgan fingerprint density at radius 1 is 0.903 bits per heavy atom. The van der Waals surface area contributed by atoms with Gasteiger partial charge in [-0.1, -0.05) is 42.5 Å². The summed E-state index contributed by atoms with van der Waals surface area (Å²) in [5.74, 6) is -0.950. The van der Waals surface area contributed by atoms with Gasteiger partial charge >= 0.3 is 5.97 Å². The summed E-state index contributed by atoms with van der Waals surface area (Å²) >= 11 is -2.29. The van der Waals surface area contributed by atoms with E-state index in [4.69, 9.17) is 5.11 Å². The maximum Gasteiger partial charge on any atom is 0.335 e. The van der Waals surface area contributed by atoms with Gasteiger partial charge in [-0.2, -0.15) is 0 Å². The number of para-hydroxylation sites is 1. The number of hydrogen-bond acceptors (Lipinski definition) is 3. The van der Waals surface area contributed by atoms with Crippen molar-refractivity contribution in [1.29, 1.82) is 0 Å². The van der Waals surface area contributed by atoms with Crippen LogP contribution in [0.2, 0.25) is 0 Å². The molecule has 0 saturated carbocycles. The average Bonchev–Trinajstić information content (AvgIpc) is 2.78. The van der Waals surface area contributed by atoms with Crippen molar-refractivity contribution < 1.29 is 18.7 Å². The number of benzene rings is 3. The van der Waals surface area contributed by atoms with Crippen molar-refractivity contribution in [2.24, 2.45) is 0 Å². The highest BCUT2D eigenvalue weighted by molar-refractivity contribution is 7.81. The number of fused-ring (bicyclic) bond motifs is 1. The Bertz CT molecular complexity index is 1270. The number of aromatic carboxylic acids is 1. The SMILES string of the molecule is O=C(O)c1cccc(CCc2cccc(N(c3cccc4cccnc34)S(=O)O)c2)c1. The van der Waals surface area contributed by atoms with E-state index in [0.29, 0.717) is 29.7 Å². The maximum absolute atomic E-state index is 12.3. The first-order chi connectivity index (χ1) is 15.0. The molecule has 4 rings (SSSR count). The van der Waals surface area contributed by atoms with Crippen LogP contribution in [0.4, 0.5) is 11.4 Å².